The lowest BCUT2D eigenvalue weighted by Gasteiger charge is -2.30. The molecule has 6 heteroatoms. The van der Waals surface area contributed by atoms with Crippen LogP contribution in [0.25, 0.3) is 10.9 Å². The highest BCUT2D eigenvalue weighted by molar-refractivity contribution is 5.93. The maximum Gasteiger partial charge on any atom is 0.128 e. The van der Waals surface area contributed by atoms with Crippen molar-refractivity contribution in [1.29, 1.82) is 0 Å². The van der Waals surface area contributed by atoms with Gasteiger partial charge in [0.1, 0.15) is 17.3 Å². The molecule has 4 rings (SSSR count). The molecule has 1 fully saturated rings. The smallest absolute Gasteiger partial charge is 0.128 e. The minimum Gasteiger partial charge on any atom is -0.496 e. The number of nitrogens with one attached hydrogen (secondary N) is 2. The number of methoxy groups -OCH3 is 2. The van der Waals surface area contributed by atoms with Crippen LogP contribution in [0.3, 0.4) is 0 Å². The van der Waals surface area contributed by atoms with Crippen molar-refractivity contribution in [2.45, 2.75) is 44.3 Å². The first-order chi connectivity index (χ1) is 15.6. The van der Waals surface area contributed by atoms with Crippen LogP contribution >= 0.6 is 0 Å². The van der Waals surface area contributed by atoms with Gasteiger partial charge in [0, 0.05) is 55.4 Å². The van der Waals surface area contributed by atoms with Crippen LogP contribution < -0.4 is 25.0 Å². The van der Waals surface area contributed by atoms with Crippen molar-refractivity contribution in [3.8, 4) is 11.5 Å². The van der Waals surface area contributed by atoms with Crippen LogP contribution in [0.2, 0.25) is 0 Å². The van der Waals surface area contributed by atoms with Crippen LogP contribution in [0.15, 0.2) is 48.5 Å². The van der Waals surface area contributed by atoms with Crippen molar-refractivity contribution in [1.82, 2.24) is 10.3 Å². The van der Waals surface area contributed by atoms with Crippen molar-refractivity contribution in [2.75, 3.05) is 38.5 Å². The normalized spacial score (nSPS) is 18.4. The second-order valence-electron chi connectivity index (χ2n) is 8.65. The Bertz CT molecular complexity index is 1020. The molecule has 0 amide bonds. The van der Waals surface area contributed by atoms with Gasteiger partial charge in [-0.05, 0) is 43.9 Å². The fraction of sp³-hybridized carbons (Fsp3) is 0.423. The Morgan fingerprint density at radius 1 is 0.906 bits per heavy atom. The maximum absolute atomic E-state index is 5.53. The molecule has 0 aliphatic heterocycles. The Labute approximate surface area is 190 Å². The van der Waals surface area contributed by atoms with Crippen LogP contribution in [0.5, 0.6) is 11.5 Å². The van der Waals surface area contributed by atoms with Crippen molar-refractivity contribution in [3.05, 3.63) is 54.1 Å². The van der Waals surface area contributed by atoms with Crippen LogP contribution in [0, 0.1) is 0 Å². The van der Waals surface area contributed by atoms with Gasteiger partial charge < -0.3 is 25.0 Å². The number of hydrogen-bond acceptors (Lipinski definition) is 6. The number of anilines is 2. The van der Waals surface area contributed by atoms with E-state index >= 15 is 0 Å². The summed E-state index contributed by atoms with van der Waals surface area (Å²) in [6.07, 6.45) is 4.49. The number of aromatic nitrogens is 1. The van der Waals surface area contributed by atoms with E-state index in [4.69, 9.17) is 14.5 Å². The number of hydrogen-bond donors (Lipinski definition) is 2. The molecule has 32 heavy (non-hydrogen) atoms. The van der Waals surface area contributed by atoms with Gasteiger partial charge >= 0.3 is 0 Å². The molecule has 170 valence electrons. The summed E-state index contributed by atoms with van der Waals surface area (Å²) in [5.41, 5.74) is 3.30. The van der Waals surface area contributed by atoms with E-state index in [-0.39, 0.29) is 0 Å². The lowest BCUT2D eigenvalue weighted by molar-refractivity contribution is 0.341. The summed E-state index contributed by atoms with van der Waals surface area (Å²) >= 11 is 0. The zero-order chi connectivity index (χ0) is 22.5. The third-order valence-electron chi connectivity index (χ3n) is 6.35. The molecule has 1 aliphatic carbocycles. The molecular weight excluding hydrogens is 400 g/mol. The highest BCUT2D eigenvalue weighted by Crippen LogP contribution is 2.31. The molecule has 2 aromatic carbocycles. The van der Waals surface area contributed by atoms with E-state index in [9.17, 15) is 0 Å². The number of pyridine rings is 1. The third-order valence-corrected chi connectivity index (χ3v) is 6.35. The molecule has 0 radical (unpaired) electrons. The maximum atomic E-state index is 5.53. The van der Waals surface area contributed by atoms with Crippen LogP contribution in [0.4, 0.5) is 11.5 Å². The quantitative estimate of drug-likeness (QED) is 0.530. The number of nitrogens with zero attached hydrogens (tertiary/aromatic N) is 2. The minimum atomic E-state index is 0.442. The Hall–Kier alpha value is -2.99. The second-order valence-corrected chi connectivity index (χ2v) is 8.65. The third kappa shape index (κ3) is 4.91. The lowest BCUT2D eigenvalue weighted by Crippen LogP contribution is -2.36. The number of rotatable bonds is 8. The van der Waals surface area contributed by atoms with Gasteiger partial charge in [0.15, 0.2) is 0 Å². The van der Waals surface area contributed by atoms with Gasteiger partial charge in [0.25, 0.3) is 0 Å². The van der Waals surface area contributed by atoms with E-state index in [1.54, 1.807) is 14.2 Å². The van der Waals surface area contributed by atoms with Gasteiger partial charge in [0.2, 0.25) is 0 Å². The molecule has 0 unspecified atom stereocenters. The Morgan fingerprint density at radius 2 is 1.56 bits per heavy atom. The molecule has 1 heterocycles. The molecule has 1 aromatic heterocycles. The van der Waals surface area contributed by atoms with Crippen LogP contribution in [-0.4, -0.2) is 45.4 Å². The van der Waals surface area contributed by atoms with E-state index in [0.29, 0.717) is 12.1 Å². The van der Waals surface area contributed by atoms with Crippen molar-refractivity contribution < 1.29 is 9.47 Å². The summed E-state index contributed by atoms with van der Waals surface area (Å²) in [6, 6.07) is 17.4. The van der Waals surface area contributed by atoms with Crippen molar-refractivity contribution in [3.63, 3.8) is 0 Å². The topological polar surface area (TPSA) is 58.7 Å². The van der Waals surface area contributed by atoms with E-state index in [0.717, 1.165) is 60.6 Å². The highest BCUT2D eigenvalue weighted by atomic mass is 16.5. The van der Waals surface area contributed by atoms with Crippen molar-refractivity contribution >= 4 is 22.4 Å². The van der Waals surface area contributed by atoms with Gasteiger partial charge in [-0.15, -0.1) is 0 Å². The molecule has 1 saturated carbocycles. The van der Waals surface area contributed by atoms with Gasteiger partial charge in [-0.2, -0.15) is 0 Å². The second kappa shape index (κ2) is 10.1. The van der Waals surface area contributed by atoms with E-state index in [2.05, 4.69) is 53.9 Å². The van der Waals surface area contributed by atoms with E-state index < -0.39 is 0 Å². The number of ether oxygens (including phenoxy) is 2. The predicted octanol–water partition coefficient (Wildman–Crippen LogP) is 4.83. The minimum absolute atomic E-state index is 0.442. The molecular formula is C26H34N4O2. The average molecular weight is 435 g/mol. The predicted molar refractivity (Wildman–Crippen MR) is 132 cm³/mol. The summed E-state index contributed by atoms with van der Waals surface area (Å²) in [7, 11) is 7.58. The van der Waals surface area contributed by atoms with Crippen molar-refractivity contribution in [2.24, 2.45) is 0 Å². The highest BCUT2D eigenvalue weighted by Gasteiger charge is 2.22. The van der Waals surface area contributed by atoms with Gasteiger partial charge in [0.05, 0.1) is 19.7 Å². The monoisotopic (exact) mass is 434 g/mol. The van der Waals surface area contributed by atoms with Gasteiger partial charge in [-0.1, -0.05) is 24.3 Å². The summed E-state index contributed by atoms with van der Waals surface area (Å²) in [6.45, 7) is 0.744. The molecule has 1 aliphatic rings. The molecule has 2 N–H and O–H groups in total. The van der Waals surface area contributed by atoms with Gasteiger partial charge in [-0.3, -0.25) is 0 Å². The van der Waals surface area contributed by atoms with Gasteiger partial charge in [-0.25, -0.2) is 4.98 Å². The largest absolute Gasteiger partial charge is 0.496 e. The molecule has 6 nitrogen and oxygen atoms in total. The molecule has 0 saturated heterocycles. The summed E-state index contributed by atoms with van der Waals surface area (Å²) in [5.74, 6) is 2.69. The first-order valence-corrected chi connectivity index (χ1v) is 11.4. The number of para-hydroxylation sites is 1. The summed E-state index contributed by atoms with van der Waals surface area (Å²) in [4.78, 5) is 7.02. The number of benzene rings is 2. The standard InChI is InChI=1S/C26H34N4O2/c1-30(2)23-16-26(29-22-9-6-5-8-20(22)23)28-19-14-12-18(13-15-19)27-17-21-24(31-3)10-7-11-25(21)32-4/h5-11,16,18-19,27H,12-15,17H2,1-4H3,(H,28,29)/t18-,19+. The molecule has 0 bridgehead atoms. The summed E-state index contributed by atoms with van der Waals surface area (Å²) < 4.78 is 11.1. The fourth-order valence-corrected chi connectivity index (χ4v) is 4.60. The lowest BCUT2D eigenvalue weighted by atomic mass is 9.91. The SMILES string of the molecule is COc1cccc(OC)c1CN[C@H]1CC[C@@H](Nc2cc(N(C)C)c3ccccc3n2)CC1. The first-order valence-electron chi connectivity index (χ1n) is 11.4. The zero-order valence-corrected chi connectivity index (χ0v) is 19.5. The molecule has 3 aromatic rings. The molecule has 0 spiro atoms. The summed E-state index contributed by atoms with van der Waals surface area (Å²) in [5, 5.41) is 8.59. The zero-order valence-electron chi connectivity index (χ0n) is 19.5. The first kappa shape index (κ1) is 22.2. The Balaban J connectivity index is 1.36. The van der Waals surface area contributed by atoms with E-state index in [1.165, 1.54) is 11.1 Å². The average Bonchev–Trinajstić information content (AvgIpc) is 2.82. The van der Waals surface area contributed by atoms with Crippen LogP contribution in [-0.2, 0) is 6.54 Å². The van der Waals surface area contributed by atoms with Crippen LogP contribution in [0.1, 0.15) is 31.2 Å². The molecule has 0 atom stereocenters. The Kier molecular flexibility index (Phi) is 7.00. The Morgan fingerprint density at radius 3 is 2.22 bits per heavy atom. The number of fused-ring (bicyclic) bond motifs is 1. The fourth-order valence-electron chi connectivity index (χ4n) is 4.60. The van der Waals surface area contributed by atoms with E-state index in [1.807, 2.05) is 24.3 Å².